The molecule has 0 bridgehead atoms. The van der Waals surface area contributed by atoms with Gasteiger partial charge in [-0.1, -0.05) is 12.1 Å². The standard InChI is InChI=1S/C16H24N2O3/c1-16(2,3)21-15(19)18-9-13(14(17)10-18)11-5-7-12(20-4)8-6-11/h5-8,13-14H,9-10,17H2,1-4H3/t13-,14+/m0/s1. The van der Waals surface area contributed by atoms with Gasteiger partial charge in [-0.3, -0.25) is 0 Å². The van der Waals surface area contributed by atoms with Crippen molar-refractivity contribution >= 4 is 6.09 Å². The van der Waals surface area contributed by atoms with Crippen molar-refractivity contribution < 1.29 is 14.3 Å². The van der Waals surface area contributed by atoms with Gasteiger partial charge in [-0.15, -0.1) is 0 Å². The largest absolute Gasteiger partial charge is 0.497 e. The topological polar surface area (TPSA) is 64.8 Å². The minimum absolute atomic E-state index is 0.0779. The highest BCUT2D eigenvalue weighted by Gasteiger charge is 2.35. The Hall–Kier alpha value is -1.75. The van der Waals surface area contributed by atoms with Crippen molar-refractivity contribution in [3.8, 4) is 5.75 Å². The Morgan fingerprint density at radius 2 is 1.86 bits per heavy atom. The van der Waals surface area contributed by atoms with E-state index in [9.17, 15) is 4.79 Å². The lowest BCUT2D eigenvalue weighted by Gasteiger charge is -2.24. The van der Waals surface area contributed by atoms with Crippen molar-refractivity contribution in [3.05, 3.63) is 29.8 Å². The smallest absolute Gasteiger partial charge is 0.410 e. The fourth-order valence-electron chi connectivity index (χ4n) is 2.51. The molecule has 0 aliphatic carbocycles. The maximum atomic E-state index is 12.1. The second kappa shape index (κ2) is 5.93. The number of benzene rings is 1. The van der Waals surface area contributed by atoms with Crippen LogP contribution >= 0.6 is 0 Å². The number of hydrogen-bond donors (Lipinski definition) is 1. The number of rotatable bonds is 2. The fourth-order valence-corrected chi connectivity index (χ4v) is 2.51. The van der Waals surface area contributed by atoms with Gasteiger partial charge >= 0.3 is 6.09 Å². The molecule has 0 aromatic heterocycles. The summed E-state index contributed by atoms with van der Waals surface area (Å²) in [6, 6.07) is 7.76. The molecule has 1 aliphatic heterocycles. The first-order chi connectivity index (χ1) is 9.80. The van der Waals surface area contributed by atoms with E-state index >= 15 is 0 Å². The van der Waals surface area contributed by atoms with Gasteiger partial charge in [-0.2, -0.15) is 0 Å². The van der Waals surface area contributed by atoms with Gasteiger partial charge in [0.1, 0.15) is 11.4 Å². The maximum absolute atomic E-state index is 12.1. The number of likely N-dealkylation sites (tertiary alicyclic amines) is 1. The van der Waals surface area contributed by atoms with Gasteiger partial charge in [0.15, 0.2) is 0 Å². The molecule has 21 heavy (non-hydrogen) atoms. The third kappa shape index (κ3) is 3.88. The molecule has 1 aliphatic rings. The lowest BCUT2D eigenvalue weighted by molar-refractivity contribution is 0.0290. The van der Waals surface area contributed by atoms with Crippen LogP contribution in [0.1, 0.15) is 32.3 Å². The predicted molar refractivity (Wildman–Crippen MR) is 81.5 cm³/mol. The summed E-state index contributed by atoms with van der Waals surface area (Å²) in [5.74, 6) is 0.942. The Kier molecular flexibility index (Phi) is 4.42. The molecule has 2 N–H and O–H groups in total. The highest BCUT2D eigenvalue weighted by molar-refractivity contribution is 5.69. The Bertz CT molecular complexity index is 493. The van der Waals surface area contributed by atoms with Crippen LogP contribution in [0.4, 0.5) is 4.79 Å². The second-order valence-corrected chi connectivity index (χ2v) is 6.43. The van der Waals surface area contributed by atoms with Crippen LogP contribution in [0.15, 0.2) is 24.3 Å². The maximum Gasteiger partial charge on any atom is 0.410 e. The monoisotopic (exact) mass is 292 g/mol. The van der Waals surface area contributed by atoms with E-state index in [-0.39, 0.29) is 18.1 Å². The summed E-state index contributed by atoms with van der Waals surface area (Å²) < 4.78 is 10.6. The van der Waals surface area contributed by atoms with E-state index in [0.717, 1.165) is 11.3 Å². The average molecular weight is 292 g/mol. The highest BCUT2D eigenvalue weighted by Crippen LogP contribution is 2.28. The lowest BCUT2D eigenvalue weighted by atomic mass is 9.95. The number of methoxy groups -OCH3 is 1. The third-order valence-electron chi connectivity index (χ3n) is 3.56. The molecule has 1 heterocycles. The van der Waals surface area contributed by atoms with E-state index < -0.39 is 5.60 Å². The molecule has 1 fully saturated rings. The minimum atomic E-state index is -0.487. The van der Waals surface area contributed by atoms with Crippen molar-refractivity contribution in [1.29, 1.82) is 0 Å². The zero-order chi connectivity index (χ0) is 15.6. The molecule has 0 unspecified atom stereocenters. The summed E-state index contributed by atoms with van der Waals surface area (Å²) in [6.45, 7) is 6.69. The second-order valence-electron chi connectivity index (χ2n) is 6.43. The molecule has 2 atom stereocenters. The van der Waals surface area contributed by atoms with Crippen LogP contribution in [0.3, 0.4) is 0 Å². The first-order valence-corrected chi connectivity index (χ1v) is 7.17. The first kappa shape index (κ1) is 15.6. The first-order valence-electron chi connectivity index (χ1n) is 7.17. The van der Waals surface area contributed by atoms with Gasteiger partial charge in [-0.25, -0.2) is 4.79 Å². The number of carbonyl (C=O) groups is 1. The molecule has 0 radical (unpaired) electrons. The molecule has 0 spiro atoms. The number of carbonyl (C=O) groups excluding carboxylic acids is 1. The average Bonchev–Trinajstić information content (AvgIpc) is 2.79. The van der Waals surface area contributed by atoms with Gasteiger partial charge in [0.25, 0.3) is 0 Å². The molecule has 5 nitrogen and oxygen atoms in total. The van der Waals surface area contributed by atoms with Gasteiger partial charge in [0, 0.05) is 25.0 Å². The van der Waals surface area contributed by atoms with Crippen LogP contribution in [-0.4, -0.2) is 42.8 Å². The number of nitrogens with zero attached hydrogens (tertiary/aromatic N) is 1. The van der Waals surface area contributed by atoms with Crippen LogP contribution < -0.4 is 10.5 Å². The fraction of sp³-hybridized carbons (Fsp3) is 0.562. The number of amides is 1. The van der Waals surface area contributed by atoms with Crippen molar-refractivity contribution in [2.45, 2.75) is 38.3 Å². The summed E-state index contributed by atoms with van der Waals surface area (Å²) in [6.07, 6.45) is -0.297. The molecule has 2 rings (SSSR count). The van der Waals surface area contributed by atoms with Crippen LogP contribution in [0, 0.1) is 0 Å². The molecular formula is C16H24N2O3. The molecule has 116 valence electrons. The number of ether oxygens (including phenoxy) is 2. The summed E-state index contributed by atoms with van der Waals surface area (Å²) in [4.78, 5) is 13.8. The lowest BCUT2D eigenvalue weighted by Crippen LogP contribution is -2.36. The van der Waals surface area contributed by atoms with Gasteiger partial charge in [0.2, 0.25) is 0 Å². The van der Waals surface area contributed by atoms with E-state index in [1.54, 1.807) is 12.0 Å². The summed E-state index contributed by atoms with van der Waals surface area (Å²) in [5.41, 5.74) is 6.83. The van der Waals surface area contributed by atoms with Gasteiger partial charge in [-0.05, 0) is 38.5 Å². The van der Waals surface area contributed by atoms with Crippen LogP contribution in [-0.2, 0) is 4.74 Å². The van der Waals surface area contributed by atoms with Crippen molar-refractivity contribution in [2.75, 3.05) is 20.2 Å². The minimum Gasteiger partial charge on any atom is -0.497 e. The van der Waals surface area contributed by atoms with Crippen LogP contribution in [0.25, 0.3) is 0 Å². The highest BCUT2D eigenvalue weighted by atomic mass is 16.6. The zero-order valence-electron chi connectivity index (χ0n) is 13.1. The van der Waals surface area contributed by atoms with E-state index in [1.807, 2.05) is 45.0 Å². The van der Waals surface area contributed by atoms with E-state index in [0.29, 0.717) is 13.1 Å². The Morgan fingerprint density at radius 3 is 2.38 bits per heavy atom. The molecule has 1 saturated heterocycles. The Labute approximate surface area is 126 Å². The SMILES string of the molecule is COc1ccc([C@@H]2CN(C(=O)OC(C)(C)C)C[C@H]2N)cc1. The van der Waals surface area contributed by atoms with Crippen molar-refractivity contribution in [3.63, 3.8) is 0 Å². The van der Waals surface area contributed by atoms with Crippen LogP contribution in [0.2, 0.25) is 0 Å². The summed E-state index contributed by atoms with van der Waals surface area (Å²) >= 11 is 0. The zero-order valence-corrected chi connectivity index (χ0v) is 13.1. The predicted octanol–water partition coefficient (Wildman–Crippen LogP) is 2.36. The number of hydrogen-bond acceptors (Lipinski definition) is 4. The van der Waals surface area contributed by atoms with Gasteiger partial charge in [0.05, 0.1) is 7.11 Å². The molecule has 1 aromatic rings. The van der Waals surface area contributed by atoms with E-state index in [1.165, 1.54) is 0 Å². The normalized spacial score (nSPS) is 22.2. The molecule has 0 saturated carbocycles. The van der Waals surface area contributed by atoms with E-state index in [4.69, 9.17) is 15.2 Å². The molecule has 1 aromatic carbocycles. The van der Waals surface area contributed by atoms with Gasteiger partial charge < -0.3 is 20.1 Å². The molecule has 1 amide bonds. The van der Waals surface area contributed by atoms with Crippen molar-refractivity contribution in [2.24, 2.45) is 5.73 Å². The Morgan fingerprint density at radius 1 is 1.24 bits per heavy atom. The summed E-state index contributed by atoms with van der Waals surface area (Å²) in [5, 5.41) is 0. The summed E-state index contributed by atoms with van der Waals surface area (Å²) in [7, 11) is 1.64. The molecule has 5 heteroatoms. The third-order valence-corrected chi connectivity index (χ3v) is 3.56. The number of nitrogens with two attached hydrogens (primary N) is 1. The quantitative estimate of drug-likeness (QED) is 0.909. The van der Waals surface area contributed by atoms with E-state index in [2.05, 4.69) is 0 Å². The Balaban J connectivity index is 2.05. The van der Waals surface area contributed by atoms with Crippen LogP contribution in [0.5, 0.6) is 5.75 Å². The van der Waals surface area contributed by atoms with Crippen molar-refractivity contribution in [1.82, 2.24) is 4.90 Å². The molecular weight excluding hydrogens is 268 g/mol.